The first-order valence-electron chi connectivity index (χ1n) is 6.39. The van der Waals surface area contributed by atoms with Crippen molar-refractivity contribution in [3.05, 3.63) is 41.6 Å². The topological polar surface area (TPSA) is 77.6 Å². The smallest absolute Gasteiger partial charge is 0.373 e. The first-order chi connectivity index (χ1) is 9.93. The molecule has 0 aliphatic rings. The van der Waals surface area contributed by atoms with Crippen LogP contribution in [0.2, 0.25) is 0 Å². The van der Waals surface area contributed by atoms with Gasteiger partial charge < -0.3 is 14.1 Å². The first-order valence-corrected chi connectivity index (χ1v) is 6.39. The van der Waals surface area contributed by atoms with E-state index in [1.54, 1.807) is 43.2 Å². The molecule has 0 N–H and O–H groups in total. The number of aromatic nitrogens is 2. The van der Waals surface area contributed by atoms with Crippen LogP contribution in [-0.2, 0) is 4.74 Å². The molecule has 7 nitrogen and oxygen atoms in total. The number of rotatable bonds is 4. The summed E-state index contributed by atoms with van der Waals surface area (Å²) in [6.45, 7) is 1.86. The van der Waals surface area contributed by atoms with Crippen LogP contribution < -0.4 is 0 Å². The maximum Gasteiger partial charge on any atom is 0.373 e. The number of carbonyl (C=O) groups is 2. The molecule has 0 saturated heterocycles. The molecule has 2 rings (SSSR count). The molecule has 0 aliphatic carbocycles. The highest BCUT2D eigenvalue weighted by Gasteiger charge is 2.19. The van der Waals surface area contributed by atoms with Gasteiger partial charge in [-0.15, -0.1) is 0 Å². The fraction of sp³-hybridized carbons (Fsp3) is 0.357. The number of ether oxygens (including phenoxy) is 1. The van der Waals surface area contributed by atoms with Crippen molar-refractivity contribution in [3.8, 4) is 0 Å². The van der Waals surface area contributed by atoms with Gasteiger partial charge in [-0.25, -0.2) is 4.79 Å². The lowest BCUT2D eigenvalue weighted by molar-refractivity contribution is 0.0562. The van der Waals surface area contributed by atoms with Gasteiger partial charge in [0.05, 0.1) is 7.11 Å². The summed E-state index contributed by atoms with van der Waals surface area (Å²) in [5.41, 5.74) is 0.353. The van der Waals surface area contributed by atoms with Crippen molar-refractivity contribution >= 4 is 11.9 Å². The molecule has 0 saturated carbocycles. The molecule has 0 aliphatic heterocycles. The van der Waals surface area contributed by atoms with Gasteiger partial charge in [0.2, 0.25) is 5.76 Å². The van der Waals surface area contributed by atoms with E-state index in [0.717, 1.165) is 0 Å². The molecule has 112 valence electrons. The number of nitrogens with zero attached hydrogens (tertiary/aromatic N) is 3. The third-order valence-corrected chi connectivity index (χ3v) is 3.06. The Labute approximate surface area is 122 Å². The second-order valence-corrected chi connectivity index (χ2v) is 4.75. The van der Waals surface area contributed by atoms with E-state index in [0.29, 0.717) is 11.5 Å². The maximum atomic E-state index is 11.8. The minimum absolute atomic E-state index is 0.135. The summed E-state index contributed by atoms with van der Waals surface area (Å²) < 4.78 is 11.6. The molecular formula is C14H17N3O4. The minimum atomic E-state index is -0.530. The summed E-state index contributed by atoms with van der Waals surface area (Å²) in [4.78, 5) is 24.6. The highest BCUT2D eigenvalue weighted by molar-refractivity contribution is 5.91. The van der Waals surface area contributed by atoms with Gasteiger partial charge in [0.25, 0.3) is 5.91 Å². The molecule has 1 unspecified atom stereocenters. The second kappa shape index (κ2) is 5.82. The van der Waals surface area contributed by atoms with E-state index in [1.165, 1.54) is 12.0 Å². The first kappa shape index (κ1) is 14.8. The Morgan fingerprint density at radius 3 is 2.67 bits per heavy atom. The fourth-order valence-electron chi connectivity index (χ4n) is 1.81. The van der Waals surface area contributed by atoms with Crippen molar-refractivity contribution in [2.24, 2.45) is 0 Å². The van der Waals surface area contributed by atoms with Crippen LogP contribution in [0.5, 0.6) is 0 Å². The Kier molecular flexibility index (Phi) is 4.11. The van der Waals surface area contributed by atoms with Crippen molar-refractivity contribution in [1.82, 2.24) is 14.7 Å². The van der Waals surface area contributed by atoms with Crippen LogP contribution in [0.4, 0.5) is 0 Å². The van der Waals surface area contributed by atoms with Crippen molar-refractivity contribution in [2.75, 3.05) is 21.2 Å². The molecule has 0 aromatic carbocycles. The van der Waals surface area contributed by atoms with Gasteiger partial charge in [-0.2, -0.15) is 5.10 Å². The van der Waals surface area contributed by atoms with Crippen molar-refractivity contribution in [2.45, 2.75) is 13.0 Å². The molecule has 2 heterocycles. The molecule has 1 atom stereocenters. The van der Waals surface area contributed by atoms with Crippen molar-refractivity contribution in [3.63, 3.8) is 0 Å². The summed E-state index contributed by atoms with van der Waals surface area (Å²) in [5.74, 6) is -0.00789. The Morgan fingerprint density at radius 1 is 1.33 bits per heavy atom. The summed E-state index contributed by atoms with van der Waals surface area (Å²) in [6.07, 6.45) is 1.70. The van der Waals surface area contributed by atoms with Gasteiger partial charge in [0.1, 0.15) is 17.5 Å². The molecular weight excluding hydrogens is 274 g/mol. The van der Waals surface area contributed by atoms with E-state index in [1.807, 2.05) is 6.92 Å². The van der Waals surface area contributed by atoms with Crippen LogP contribution >= 0.6 is 0 Å². The third-order valence-electron chi connectivity index (χ3n) is 3.06. The lowest BCUT2D eigenvalue weighted by atomic mass is 10.2. The molecule has 7 heteroatoms. The average molecular weight is 291 g/mol. The molecule has 0 spiro atoms. The van der Waals surface area contributed by atoms with Gasteiger partial charge in [-0.05, 0) is 25.1 Å². The Hall–Kier alpha value is -2.57. The van der Waals surface area contributed by atoms with Crippen LogP contribution in [0, 0.1) is 0 Å². The molecule has 2 aromatic rings. The van der Waals surface area contributed by atoms with E-state index in [-0.39, 0.29) is 17.7 Å². The summed E-state index contributed by atoms with van der Waals surface area (Å²) >= 11 is 0. The van der Waals surface area contributed by atoms with E-state index in [2.05, 4.69) is 9.84 Å². The van der Waals surface area contributed by atoms with E-state index in [9.17, 15) is 9.59 Å². The van der Waals surface area contributed by atoms with Crippen molar-refractivity contribution in [1.29, 1.82) is 0 Å². The zero-order chi connectivity index (χ0) is 15.6. The molecule has 0 fully saturated rings. The molecule has 2 aromatic heterocycles. The molecule has 0 bridgehead atoms. The number of carbonyl (C=O) groups excluding carboxylic acids is 2. The third kappa shape index (κ3) is 2.96. The van der Waals surface area contributed by atoms with E-state index < -0.39 is 5.97 Å². The number of hydrogen-bond acceptors (Lipinski definition) is 5. The standard InChI is InChI=1S/C14H17N3O4/c1-9(11-5-6-12(21-11)14(19)20-4)17-8-7-10(15-17)13(18)16(2)3/h5-9H,1-4H3. The van der Waals surface area contributed by atoms with Crippen LogP contribution in [0.25, 0.3) is 0 Å². The number of methoxy groups -OCH3 is 1. The highest BCUT2D eigenvalue weighted by atomic mass is 16.5. The number of amides is 1. The van der Waals surface area contributed by atoms with Crippen molar-refractivity contribution < 1.29 is 18.7 Å². The Morgan fingerprint density at radius 2 is 2.05 bits per heavy atom. The van der Waals surface area contributed by atoms with Crippen LogP contribution in [-0.4, -0.2) is 47.8 Å². The minimum Gasteiger partial charge on any atom is -0.463 e. The van der Waals surface area contributed by atoms with E-state index >= 15 is 0 Å². The summed E-state index contributed by atoms with van der Waals surface area (Å²) in [5, 5.41) is 4.23. The molecule has 0 radical (unpaired) electrons. The normalized spacial score (nSPS) is 12.0. The quantitative estimate of drug-likeness (QED) is 0.799. The predicted octanol–water partition coefficient (Wildman–Crippen LogP) is 1.57. The summed E-state index contributed by atoms with van der Waals surface area (Å²) in [7, 11) is 4.63. The van der Waals surface area contributed by atoms with Gasteiger partial charge in [0.15, 0.2) is 0 Å². The second-order valence-electron chi connectivity index (χ2n) is 4.75. The van der Waals surface area contributed by atoms with Gasteiger partial charge in [-0.1, -0.05) is 0 Å². The lowest BCUT2D eigenvalue weighted by Crippen LogP contribution is -2.22. The van der Waals surface area contributed by atoms with Crippen LogP contribution in [0.15, 0.2) is 28.8 Å². The monoisotopic (exact) mass is 291 g/mol. The fourth-order valence-corrected chi connectivity index (χ4v) is 1.81. The predicted molar refractivity (Wildman–Crippen MR) is 74.1 cm³/mol. The molecule has 1 amide bonds. The number of furan rings is 1. The van der Waals surface area contributed by atoms with Crippen LogP contribution in [0.1, 0.15) is 39.8 Å². The lowest BCUT2D eigenvalue weighted by Gasteiger charge is -2.10. The zero-order valence-electron chi connectivity index (χ0n) is 12.4. The highest BCUT2D eigenvalue weighted by Crippen LogP contribution is 2.20. The van der Waals surface area contributed by atoms with Gasteiger partial charge in [0, 0.05) is 20.3 Å². The Balaban J connectivity index is 2.20. The summed E-state index contributed by atoms with van der Waals surface area (Å²) in [6, 6.07) is 4.63. The number of hydrogen-bond donors (Lipinski definition) is 0. The SMILES string of the molecule is COC(=O)c1ccc(C(C)n2ccc(C(=O)N(C)C)n2)o1. The van der Waals surface area contributed by atoms with E-state index in [4.69, 9.17) is 4.42 Å². The van der Waals surface area contributed by atoms with Gasteiger partial charge in [-0.3, -0.25) is 9.48 Å². The van der Waals surface area contributed by atoms with Gasteiger partial charge >= 0.3 is 5.97 Å². The Bertz CT molecular complexity index is 657. The van der Waals surface area contributed by atoms with Crippen LogP contribution in [0.3, 0.4) is 0 Å². The largest absolute Gasteiger partial charge is 0.463 e. The zero-order valence-corrected chi connectivity index (χ0v) is 12.4. The maximum absolute atomic E-state index is 11.8. The average Bonchev–Trinajstić information content (AvgIpc) is 3.13. The number of esters is 1. The molecule has 21 heavy (non-hydrogen) atoms.